The van der Waals surface area contributed by atoms with Crippen LogP contribution in [0, 0.1) is 5.82 Å². The van der Waals surface area contributed by atoms with Gasteiger partial charge in [0.1, 0.15) is 35.2 Å². The van der Waals surface area contributed by atoms with E-state index < -0.39 is 41.8 Å². The van der Waals surface area contributed by atoms with Gasteiger partial charge < -0.3 is 16.2 Å². The lowest BCUT2D eigenvalue weighted by Gasteiger charge is -2.28. The first-order valence-corrected chi connectivity index (χ1v) is 8.66. The summed E-state index contributed by atoms with van der Waals surface area (Å²) in [6.45, 7) is 0.548. The SMILES string of the molecule is C[C@@]1(c2cc(CC(=O)c3ncc(C(F)F)nc3N)ccc2F)C=C(CF)OC(N)=N1. The third-order valence-corrected chi connectivity index (χ3v) is 4.40. The quantitative estimate of drug-likeness (QED) is 0.545. The van der Waals surface area contributed by atoms with Gasteiger partial charge >= 0.3 is 0 Å². The van der Waals surface area contributed by atoms with Crippen LogP contribution in [-0.4, -0.2) is 28.4 Å². The van der Waals surface area contributed by atoms with E-state index in [1.807, 2.05) is 0 Å². The molecular formula is C19H17F4N5O2. The molecule has 7 nitrogen and oxygen atoms in total. The van der Waals surface area contributed by atoms with Gasteiger partial charge in [0.15, 0.2) is 11.6 Å². The summed E-state index contributed by atoms with van der Waals surface area (Å²) in [6, 6.07) is 3.54. The van der Waals surface area contributed by atoms with E-state index in [1.54, 1.807) is 0 Å². The molecule has 2 aromatic rings. The summed E-state index contributed by atoms with van der Waals surface area (Å²) in [4.78, 5) is 23.7. The van der Waals surface area contributed by atoms with Crippen LogP contribution in [0.5, 0.6) is 0 Å². The summed E-state index contributed by atoms with van der Waals surface area (Å²) >= 11 is 0. The molecule has 1 aromatic heterocycles. The summed E-state index contributed by atoms with van der Waals surface area (Å²) < 4.78 is 57.9. The number of allylic oxidation sites excluding steroid dienone is 1. The van der Waals surface area contributed by atoms with E-state index in [4.69, 9.17) is 16.2 Å². The molecule has 1 aromatic carbocycles. The summed E-state index contributed by atoms with van der Waals surface area (Å²) in [7, 11) is 0. The number of hydrogen-bond acceptors (Lipinski definition) is 7. The first kappa shape index (κ1) is 21.2. The summed E-state index contributed by atoms with van der Waals surface area (Å²) in [5.74, 6) is -1.79. The molecule has 1 atom stereocenters. The molecule has 2 heterocycles. The second-order valence-electron chi connectivity index (χ2n) is 6.69. The van der Waals surface area contributed by atoms with E-state index in [1.165, 1.54) is 25.1 Å². The molecule has 11 heteroatoms. The Balaban J connectivity index is 1.92. The third-order valence-electron chi connectivity index (χ3n) is 4.40. The molecule has 158 valence electrons. The molecule has 0 saturated carbocycles. The van der Waals surface area contributed by atoms with E-state index in [0.717, 1.165) is 12.3 Å². The fraction of sp³-hybridized carbons (Fsp3) is 0.263. The van der Waals surface area contributed by atoms with Crippen molar-refractivity contribution in [2.45, 2.75) is 25.3 Å². The van der Waals surface area contributed by atoms with E-state index >= 15 is 0 Å². The van der Waals surface area contributed by atoms with Crippen LogP contribution < -0.4 is 11.5 Å². The number of Topliss-reactive ketones (excluding diaryl/α,β-unsaturated/α-hetero) is 1. The molecule has 0 aliphatic carbocycles. The number of hydrogen-bond donors (Lipinski definition) is 2. The molecule has 1 aliphatic heterocycles. The van der Waals surface area contributed by atoms with Crippen molar-refractivity contribution >= 4 is 17.6 Å². The predicted molar refractivity (Wildman–Crippen MR) is 100.0 cm³/mol. The van der Waals surface area contributed by atoms with Gasteiger partial charge in [-0.2, -0.15) is 0 Å². The second-order valence-corrected chi connectivity index (χ2v) is 6.69. The van der Waals surface area contributed by atoms with Crippen LogP contribution in [0.2, 0.25) is 0 Å². The Morgan fingerprint density at radius 2 is 2.03 bits per heavy atom. The lowest BCUT2D eigenvalue weighted by Crippen LogP contribution is -2.31. The standard InChI is InChI=1S/C19H17F4N5O2/c1-19(6-10(7-20)30-18(25)28-19)11-4-9(2-3-12(11)21)5-14(29)15-17(24)27-13(8-26-15)16(22)23/h2-4,6,8,16H,5,7H2,1H3,(H2,24,27)(H2,25,28)/t19-/m0/s1. The Labute approximate surface area is 168 Å². The monoisotopic (exact) mass is 423 g/mol. The maximum absolute atomic E-state index is 14.5. The van der Waals surface area contributed by atoms with Crippen LogP contribution in [0.4, 0.5) is 23.4 Å². The molecule has 0 fully saturated rings. The number of ether oxygens (including phenoxy) is 1. The number of anilines is 1. The number of amidine groups is 1. The lowest BCUT2D eigenvalue weighted by molar-refractivity contribution is 0.0987. The molecule has 4 N–H and O–H groups in total. The number of carbonyl (C=O) groups is 1. The van der Waals surface area contributed by atoms with Gasteiger partial charge in [0.25, 0.3) is 12.4 Å². The van der Waals surface area contributed by atoms with E-state index in [9.17, 15) is 22.4 Å². The van der Waals surface area contributed by atoms with Crippen molar-refractivity contribution in [3.8, 4) is 0 Å². The highest BCUT2D eigenvalue weighted by Crippen LogP contribution is 2.34. The van der Waals surface area contributed by atoms with E-state index in [-0.39, 0.29) is 29.5 Å². The zero-order valence-corrected chi connectivity index (χ0v) is 15.7. The number of nitrogens with zero attached hydrogens (tertiary/aromatic N) is 3. The maximum Gasteiger partial charge on any atom is 0.288 e. The Bertz CT molecular complexity index is 1060. The molecule has 0 radical (unpaired) electrons. The van der Waals surface area contributed by atoms with E-state index in [0.29, 0.717) is 5.56 Å². The van der Waals surface area contributed by atoms with Crippen LogP contribution >= 0.6 is 0 Å². The smallest absolute Gasteiger partial charge is 0.288 e. The minimum Gasteiger partial charge on any atom is -0.428 e. The number of carbonyl (C=O) groups excluding carboxylic acids is 1. The van der Waals surface area contributed by atoms with Gasteiger partial charge in [-0.25, -0.2) is 32.5 Å². The van der Waals surface area contributed by atoms with Crippen molar-refractivity contribution in [3.05, 3.63) is 64.6 Å². The zero-order valence-electron chi connectivity index (χ0n) is 15.7. The van der Waals surface area contributed by atoms with Gasteiger partial charge in [-0.15, -0.1) is 0 Å². The number of nitrogen functional groups attached to an aromatic ring is 1. The molecule has 0 saturated heterocycles. The minimum atomic E-state index is -2.88. The van der Waals surface area contributed by atoms with Crippen molar-refractivity contribution in [1.82, 2.24) is 9.97 Å². The summed E-state index contributed by atoms with van der Waals surface area (Å²) in [5, 5.41) is 0. The minimum absolute atomic E-state index is 0.0390. The van der Waals surface area contributed by atoms with Gasteiger partial charge in [-0.05, 0) is 30.7 Å². The third kappa shape index (κ3) is 4.24. The van der Waals surface area contributed by atoms with Crippen LogP contribution in [0.15, 0.2) is 41.2 Å². The molecule has 0 spiro atoms. The molecule has 0 unspecified atom stereocenters. The van der Waals surface area contributed by atoms with Crippen LogP contribution in [-0.2, 0) is 16.7 Å². The fourth-order valence-corrected chi connectivity index (χ4v) is 3.04. The number of aliphatic imine (C=N–C) groups is 1. The largest absolute Gasteiger partial charge is 0.428 e. The van der Waals surface area contributed by atoms with E-state index in [2.05, 4.69) is 15.0 Å². The highest BCUT2D eigenvalue weighted by atomic mass is 19.3. The lowest BCUT2D eigenvalue weighted by atomic mass is 9.88. The summed E-state index contributed by atoms with van der Waals surface area (Å²) in [5.41, 5.74) is 9.27. The average Bonchev–Trinajstić information content (AvgIpc) is 2.68. The van der Waals surface area contributed by atoms with Gasteiger partial charge in [0.2, 0.25) is 0 Å². The topological polar surface area (TPSA) is 116 Å². The highest BCUT2D eigenvalue weighted by Gasteiger charge is 2.32. The number of rotatable bonds is 6. The van der Waals surface area contributed by atoms with Crippen LogP contribution in [0.25, 0.3) is 0 Å². The average molecular weight is 423 g/mol. The second kappa shape index (κ2) is 8.09. The molecular weight excluding hydrogens is 406 g/mol. The molecule has 30 heavy (non-hydrogen) atoms. The van der Waals surface area contributed by atoms with Gasteiger partial charge in [0, 0.05) is 12.0 Å². The predicted octanol–water partition coefficient (Wildman–Crippen LogP) is 2.97. The molecule has 3 rings (SSSR count). The van der Waals surface area contributed by atoms with Crippen molar-refractivity contribution in [3.63, 3.8) is 0 Å². The Hall–Kier alpha value is -3.50. The van der Waals surface area contributed by atoms with Crippen LogP contribution in [0.1, 0.15) is 40.7 Å². The first-order chi connectivity index (χ1) is 14.1. The number of alkyl halides is 3. The number of benzene rings is 1. The van der Waals surface area contributed by atoms with Crippen LogP contribution in [0.3, 0.4) is 0 Å². The van der Waals surface area contributed by atoms with Crippen molar-refractivity contribution in [2.24, 2.45) is 10.7 Å². The van der Waals surface area contributed by atoms with Crippen molar-refractivity contribution in [2.75, 3.05) is 12.4 Å². The Morgan fingerprint density at radius 3 is 2.67 bits per heavy atom. The highest BCUT2D eigenvalue weighted by molar-refractivity contribution is 5.99. The maximum atomic E-state index is 14.5. The number of ketones is 1. The van der Waals surface area contributed by atoms with Gasteiger partial charge in [-0.1, -0.05) is 6.07 Å². The normalized spacial score (nSPS) is 18.6. The van der Waals surface area contributed by atoms with Crippen molar-refractivity contribution < 1.29 is 27.1 Å². The van der Waals surface area contributed by atoms with Gasteiger partial charge in [-0.3, -0.25) is 4.79 Å². The van der Waals surface area contributed by atoms with Crippen molar-refractivity contribution in [1.29, 1.82) is 0 Å². The molecule has 0 bridgehead atoms. The summed E-state index contributed by atoms with van der Waals surface area (Å²) in [6.07, 6.45) is -1.07. The Kier molecular flexibility index (Phi) is 5.72. The number of nitrogens with two attached hydrogens (primary N) is 2. The number of halogens is 4. The van der Waals surface area contributed by atoms with Gasteiger partial charge in [0.05, 0.1) is 6.20 Å². The zero-order chi connectivity index (χ0) is 22.1. The first-order valence-electron chi connectivity index (χ1n) is 8.66. The molecule has 1 aliphatic rings. The molecule has 0 amide bonds. The fourth-order valence-electron chi connectivity index (χ4n) is 3.04. The Morgan fingerprint density at radius 1 is 1.30 bits per heavy atom. The number of aromatic nitrogens is 2.